The quantitative estimate of drug-likeness (QED) is 0.248. The zero-order chi connectivity index (χ0) is 13.3. The molecule has 18 heavy (non-hydrogen) atoms. The van der Waals surface area contributed by atoms with Gasteiger partial charge in [-0.1, -0.05) is 76.7 Å². The molecule has 0 heterocycles. The van der Waals surface area contributed by atoms with E-state index in [2.05, 4.69) is 38.2 Å². The molecule has 0 fully saturated rings. The van der Waals surface area contributed by atoms with Gasteiger partial charge in [0.25, 0.3) is 0 Å². The highest BCUT2D eigenvalue weighted by molar-refractivity contribution is 4.88. The van der Waals surface area contributed by atoms with Gasteiger partial charge in [0.15, 0.2) is 0 Å². The summed E-state index contributed by atoms with van der Waals surface area (Å²) in [5, 5.41) is 0. The minimum atomic E-state index is 1.22. The summed E-state index contributed by atoms with van der Waals surface area (Å²) >= 11 is 0. The normalized spacial score (nSPS) is 11.9. The largest absolute Gasteiger partial charge is 0.0885 e. The lowest BCUT2D eigenvalue weighted by Gasteiger charge is -1.95. The van der Waals surface area contributed by atoms with E-state index in [1.54, 1.807) is 0 Å². The predicted octanol–water partition coefficient (Wildman–Crippen LogP) is 6.82. The van der Waals surface area contributed by atoms with Crippen molar-refractivity contribution in [3.63, 3.8) is 0 Å². The number of rotatable bonds is 13. The molecule has 0 aromatic rings. The Hall–Kier alpha value is -0.520. The van der Waals surface area contributed by atoms with Crippen LogP contribution in [0.4, 0.5) is 0 Å². The molecule has 0 aliphatic heterocycles. The third kappa shape index (κ3) is 15.5. The van der Waals surface area contributed by atoms with E-state index >= 15 is 0 Å². The first-order valence-corrected chi connectivity index (χ1v) is 8.21. The summed E-state index contributed by atoms with van der Waals surface area (Å²) in [6.45, 7) is 4.54. The fraction of sp³-hybridized carbons (Fsp3) is 0.778. The number of allylic oxidation sites excluding steroid dienone is 4. The highest BCUT2D eigenvalue weighted by Gasteiger charge is 1.85. The van der Waals surface area contributed by atoms with Crippen LogP contribution in [0.1, 0.15) is 90.9 Å². The zero-order valence-corrected chi connectivity index (χ0v) is 12.8. The van der Waals surface area contributed by atoms with Crippen LogP contribution in [-0.4, -0.2) is 0 Å². The van der Waals surface area contributed by atoms with Crippen molar-refractivity contribution in [2.45, 2.75) is 90.9 Å². The average molecular weight is 250 g/mol. The van der Waals surface area contributed by atoms with Crippen LogP contribution in [0.5, 0.6) is 0 Å². The predicted molar refractivity (Wildman–Crippen MR) is 85.0 cm³/mol. The van der Waals surface area contributed by atoms with E-state index in [9.17, 15) is 0 Å². The lowest BCUT2D eigenvalue weighted by Crippen LogP contribution is -1.74. The summed E-state index contributed by atoms with van der Waals surface area (Å²) in [5.74, 6) is 0. The zero-order valence-electron chi connectivity index (χ0n) is 12.8. The van der Waals surface area contributed by atoms with Gasteiger partial charge in [-0.25, -0.2) is 0 Å². The minimum Gasteiger partial charge on any atom is -0.0885 e. The van der Waals surface area contributed by atoms with Gasteiger partial charge < -0.3 is 0 Å². The van der Waals surface area contributed by atoms with Crippen LogP contribution in [-0.2, 0) is 0 Å². The molecule has 0 aromatic heterocycles. The molecule has 0 amide bonds. The molecule has 0 atom stereocenters. The molecule has 0 N–H and O–H groups in total. The van der Waals surface area contributed by atoms with Gasteiger partial charge in [0.2, 0.25) is 0 Å². The summed E-state index contributed by atoms with van der Waals surface area (Å²) in [6.07, 6.45) is 25.5. The maximum absolute atomic E-state index is 2.37. The van der Waals surface area contributed by atoms with Gasteiger partial charge in [-0.05, 0) is 38.5 Å². The average Bonchev–Trinajstić information content (AvgIpc) is 2.39. The van der Waals surface area contributed by atoms with Crippen molar-refractivity contribution in [3.05, 3.63) is 24.3 Å². The number of hydrogen-bond donors (Lipinski definition) is 0. The van der Waals surface area contributed by atoms with Gasteiger partial charge >= 0.3 is 0 Å². The van der Waals surface area contributed by atoms with E-state index < -0.39 is 0 Å². The van der Waals surface area contributed by atoms with Crippen molar-refractivity contribution in [1.29, 1.82) is 0 Å². The number of unbranched alkanes of at least 4 members (excludes halogenated alkanes) is 9. The molecule has 106 valence electrons. The smallest absolute Gasteiger partial charge is 0.0316 e. The maximum Gasteiger partial charge on any atom is -0.0316 e. The van der Waals surface area contributed by atoms with E-state index in [1.807, 2.05) is 0 Å². The van der Waals surface area contributed by atoms with Gasteiger partial charge in [-0.2, -0.15) is 0 Å². The Labute approximate surface area is 116 Å². The molecule has 0 aliphatic carbocycles. The van der Waals surface area contributed by atoms with Crippen LogP contribution in [0.3, 0.4) is 0 Å². The van der Waals surface area contributed by atoms with Crippen molar-refractivity contribution in [1.82, 2.24) is 0 Å². The summed E-state index contributed by atoms with van der Waals surface area (Å²) in [5.41, 5.74) is 0. The Kier molecular flexibility index (Phi) is 16.0. The van der Waals surface area contributed by atoms with Gasteiger partial charge in [0, 0.05) is 0 Å². The first-order chi connectivity index (χ1) is 8.91. The van der Waals surface area contributed by atoms with Gasteiger partial charge in [0.1, 0.15) is 0 Å². The van der Waals surface area contributed by atoms with E-state index in [-0.39, 0.29) is 0 Å². The summed E-state index contributed by atoms with van der Waals surface area (Å²) in [4.78, 5) is 0. The van der Waals surface area contributed by atoms with Crippen LogP contribution in [0, 0.1) is 0 Å². The van der Waals surface area contributed by atoms with Crippen LogP contribution in [0.25, 0.3) is 0 Å². The first kappa shape index (κ1) is 17.5. The lowest BCUT2D eigenvalue weighted by atomic mass is 10.1. The van der Waals surface area contributed by atoms with Crippen LogP contribution in [0.15, 0.2) is 24.3 Å². The second kappa shape index (κ2) is 16.5. The van der Waals surface area contributed by atoms with E-state index in [1.165, 1.54) is 77.0 Å². The molecule has 0 saturated heterocycles. The van der Waals surface area contributed by atoms with Crippen molar-refractivity contribution >= 4 is 0 Å². The molecular formula is C18H34. The van der Waals surface area contributed by atoms with Crippen LogP contribution in [0.2, 0.25) is 0 Å². The van der Waals surface area contributed by atoms with Crippen LogP contribution < -0.4 is 0 Å². The topological polar surface area (TPSA) is 0 Å². The van der Waals surface area contributed by atoms with Crippen molar-refractivity contribution in [2.75, 3.05) is 0 Å². The van der Waals surface area contributed by atoms with Gasteiger partial charge in [-0.15, -0.1) is 0 Å². The SMILES string of the molecule is CCCCCCC=CCCC=CCCCCCC. The number of hydrogen-bond acceptors (Lipinski definition) is 0. The highest BCUT2D eigenvalue weighted by atomic mass is 13.9. The Morgan fingerprint density at radius 3 is 1.22 bits per heavy atom. The van der Waals surface area contributed by atoms with Gasteiger partial charge in [-0.3, -0.25) is 0 Å². The second-order valence-electron chi connectivity index (χ2n) is 5.22. The molecule has 0 nitrogen and oxygen atoms in total. The summed E-state index contributed by atoms with van der Waals surface area (Å²) < 4.78 is 0. The van der Waals surface area contributed by atoms with Crippen molar-refractivity contribution in [3.8, 4) is 0 Å². The Morgan fingerprint density at radius 2 is 0.833 bits per heavy atom. The fourth-order valence-corrected chi connectivity index (χ4v) is 2.04. The van der Waals surface area contributed by atoms with Crippen molar-refractivity contribution in [2.24, 2.45) is 0 Å². The molecular weight excluding hydrogens is 216 g/mol. The molecule has 0 spiro atoms. The molecule has 0 rings (SSSR count). The Bertz CT molecular complexity index is 166. The maximum atomic E-state index is 2.37. The molecule has 0 radical (unpaired) electrons. The summed E-state index contributed by atoms with van der Waals surface area (Å²) in [7, 11) is 0. The molecule has 0 saturated carbocycles. The minimum absolute atomic E-state index is 1.22. The lowest BCUT2D eigenvalue weighted by molar-refractivity contribution is 0.673. The van der Waals surface area contributed by atoms with Crippen LogP contribution >= 0.6 is 0 Å². The molecule has 0 unspecified atom stereocenters. The van der Waals surface area contributed by atoms with Gasteiger partial charge in [0.05, 0.1) is 0 Å². The molecule has 0 heteroatoms. The monoisotopic (exact) mass is 250 g/mol. The Balaban J connectivity index is 3.13. The molecule has 0 aliphatic rings. The van der Waals surface area contributed by atoms with E-state index in [0.29, 0.717) is 0 Å². The first-order valence-electron chi connectivity index (χ1n) is 8.21. The van der Waals surface area contributed by atoms with E-state index in [4.69, 9.17) is 0 Å². The Morgan fingerprint density at radius 1 is 0.444 bits per heavy atom. The third-order valence-corrected chi connectivity index (χ3v) is 3.28. The second-order valence-corrected chi connectivity index (χ2v) is 5.22. The molecule has 0 aromatic carbocycles. The molecule has 0 bridgehead atoms. The highest BCUT2D eigenvalue weighted by Crippen LogP contribution is 2.05. The van der Waals surface area contributed by atoms with E-state index in [0.717, 1.165) is 0 Å². The van der Waals surface area contributed by atoms with Crippen molar-refractivity contribution < 1.29 is 0 Å². The third-order valence-electron chi connectivity index (χ3n) is 3.28. The standard InChI is InChI=1S/C18H34/c1-3-5-7-9-11-13-15-17-18-16-14-12-10-8-6-4-2/h13-16H,3-12,17-18H2,1-2H3. The fourth-order valence-electron chi connectivity index (χ4n) is 2.04. The summed E-state index contributed by atoms with van der Waals surface area (Å²) in [6, 6.07) is 0.